The molecule has 1 aromatic heterocycles. The minimum atomic E-state index is -0.629. The average molecular weight is 458 g/mol. The van der Waals surface area contributed by atoms with Crippen LogP contribution in [0.25, 0.3) is 5.69 Å². The minimum absolute atomic E-state index is 0.0605. The summed E-state index contributed by atoms with van der Waals surface area (Å²) >= 11 is 1.31. The van der Waals surface area contributed by atoms with E-state index in [1.54, 1.807) is 12.1 Å². The molecule has 0 radical (unpaired) electrons. The lowest BCUT2D eigenvalue weighted by Gasteiger charge is -2.31. The van der Waals surface area contributed by atoms with Crippen molar-refractivity contribution in [2.75, 3.05) is 18.8 Å². The van der Waals surface area contributed by atoms with Crippen molar-refractivity contribution in [3.8, 4) is 18.0 Å². The topological polar surface area (TPSA) is 63.1 Å². The van der Waals surface area contributed by atoms with Gasteiger partial charge in [0.15, 0.2) is 11.0 Å². The van der Waals surface area contributed by atoms with Gasteiger partial charge in [0.1, 0.15) is 11.4 Å². The van der Waals surface area contributed by atoms with E-state index < -0.39 is 5.54 Å². The smallest absolute Gasteiger partial charge is 0.231 e. The Labute approximate surface area is 194 Å². The van der Waals surface area contributed by atoms with Crippen LogP contribution in [0, 0.1) is 18.2 Å². The number of halogens is 1. The number of terminal acetylenes is 1. The van der Waals surface area contributed by atoms with Crippen LogP contribution >= 0.6 is 11.8 Å². The molecule has 6 nitrogen and oxygen atoms in total. The van der Waals surface area contributed by atoms with Gasteiger partial charge in [0.25, 0.3) is 0 Å². The maximum atomic E-state index is 13.6. The molecule has 172 valence electrons. The number of amides is 1. The number of carbonyl (C=O) groups is 1. The molecule has 0 unspecified atom stereocenters. The number of hydrogen-bond acceptors (Lipinski definition) is 5. The van der Waals surface area contributed by atoms with E-state index in [4.69, 9.17) is 6.42 Å². The van der Waals surface area contributed by atoms with Gasteiger partial charge in [-0.05, 0) is 70.0 Å². The molecule has 2 heterocycles. The number of rotatable bonds is 9. The number of likely N-dealkylation sites (tertiary alicyclic amines) is 1. The highest BCUT2D eigenvalue weighted by atomic mass is 32.2. The third-order valence-electron chi connectivity index (χ3n) is 6.25. The Kier molecular flexibility index (Phi) is 8.32. The summed E-state index contributed by atoms with van der Waals surface area (Å²) in [7, 11) is 0. The normalized spacial score (nSPS) is 15.8. The molecule has 0 aliphatic carbocycles. The molecule has 1 aromatic carbocycles. The minimum Gasteiger partial charge on any atom is -0.339 e. The Morgan fingerprint density at radius 1 is 1.22 bits per heavy atom. The van der Waals surface area contributed by atoms with Crippen LogP contribution in [-0.2, 0) is 4.79 Å². The lowest BCUT2D eigenvalue weighted by Crippen LogP contribution is -2.47. The van der Waals surface area contributed by atoms with Crippen molar-refractivity contribution in [1.29, 1.82) is 0 Å². The number of hydrogen-bond donors (Lipinski definition) is 1. The highest BCUT2D eigenvalue weighted by molar-refractivity contribution is 7.99. The Balaban J connectivity index is 1.84. The van der Waals surface area contributed by atoms with Crippen LogP contribution < -0.4 is 5.32 Å². The molecule has 2 aromatic rings. The first-order valence-electron chi connectivity index (χ1n) is 11.3. The van der Waals surface area contributed by atoms with Crippen LogP contribution in [0.3, 0.4) is 0 Å². The fourth-order valence-corrected chi connectivity index (χ4v) is 4.81. The van der Waals surface area contributed by atoms with E-state index in [0.717, 1.165) is 24.6 Å². The molecule has 1 atom stereocenters. The Bertz CT molecular complexity index is 942. The SMILES string of the molecule is C#CC(CC)(CC)NC(=O)CSc1nnc([C@@H](C)N2CCCCC2)n1-c1ccc(F)cc1. The summed E-state index contributed by atoms with van der Waals surface area (Å²) in [5.74, 6) is 3.24. The fourth-order valence-electron chi connectivity index (χ4n) is 4.05. The van der Waals surface area contributed by atoms with E-state index in [2.05, 4.69) is 33.3 Å². The lowest BCUT2D eigenvalue weighted by atomic mass is 9.94. The van der Waals surface area contributed by atoms with Gasteiger partial charge < -0.3 is 5.32 Å². The molecule has 3 rings (SSSR count). The number of thioether (sulfide) groups is 1. The molecular formula is C24H32FN5OS. The predicted molar refractivity (Wildman–Crippen MR) is 126 cm³/mol. The van der Waals surface area contributed by atoms with E-state index in [1.807, 2.05) is 18.4 Å². The van der Waals surface area contributed by atoms with Crippen LogP contribution in [0.15, 0.2) is 29.4 Å². The van der Waals surface area contributed by atoms with Crippen molar-refractivity contribution < 1.29 is 9.18 Å². The second-order valence-corrected chi connectivity index (χ2v) is 9.14. The molecule has 1 fully saturated rings. The zero-order chi connectivity index (χ0) is 23.1. The molecule has 32 heavy (non-hydrogen) atoms. The quantitative estimate of drug-likeness (QED) is 0.448. The summed E-state index contributed by atoms with van der Waals surface area (Å²) in [5.41, 5.74) is 0.147. The van der Waals surface area contributed by atoms with Crippen molar-refractivity contribution in [1.82, 2.24) is 25.0 Å². The van der Waals surface area contributed by atoms with Crippen molar-refractivity contribution in [3.05, 3.63) is 35.9 Å². The number of nitrogens with one attached hydrogen (secondary N) is 1. The summed E-state index contributed by atoms with van der Waals surface area (Å²) in [4.78, 5) is 15.0. The van der Waals surface area contributed by atoms with Gasteiger partial charge >= 0.3 is 0 Å². The zero-order valence-electron chi connectivity index (χ0n) is 19.1. The molecule has 0 saturated carbocycles. The molecule has 0 spiro atoms. The monoisotopic (exact) mass is 457 g/mol. The second kappa shape index (κ2) is 11.0. The summed E-state index contributed by atoms with van der Waals surface area (Å²) in [6.07, 6.45) is 10.6. The summed E-state index contributed by atoms with van der Waals surface area (Å²) in [6, 6.07) is 6.34. The van der Waals surface area contributed by atoms with Gasteiger partial charge in [0.05, 0.1) is 11.8 Å². The average Bonchev–Trinajstić information content (AvgIpc) is 3.26. The molecule has 0 bridgehead atoms. The van der Waals surface area contributed by atoms with Crippen LogP contribution in [0.5, 0.6) is 0 Å². The maximum Gasteiger partial charge on any atom is 0.231 e. The summed E-state index contributed by atoms with van der Waals surface area (Å²) in [5, 5.41) is 12.5. The first-order chi connectivity index (χ1) is 15.4. The molecule has 1 aliphatic rings. The van der Waals surface area contributed by atoms with Crippen LogP contribution in [0.1, 0.15) is 64.7 Å². The number of nitrogens with zero attached hydrogens (tertiary/aromatic N) is 4. The molecule has 1 amide bonds. The maximum absolute atomic E-state index is 13.6. The van der Waals surface area contributed by atoms with Gasteiger partial charge in [-0.15, -0.1) is 16.6 Å². The van der Waals surface area contributed by atoms with Gasteiger partial charge in [-0.3, -0.25) is 14.3 Å². The van der Waals surface area contributed by atoms with E-state index in [1.165, 1.54) is 43.2 Å². The van der Waals surface area contributed by atoms with Crippen LogP contribution in [-0.4, -0.2) is 50.0 Å². The Hall–Kier alpha value is -2.37. The first-order valence-corrected chi connectivity index (χ1v) is 12.3. The van der Waals surface area contributed by atoms with Crippen LogP contribution in [0.4, 0.5) is 4.39 Å². The number of piperidine rings is 1. The van der Waals surface area contributed by atoms with E-state index >= 15 is 0 Å². The second-order valence-electron chi connectivity index (χ2n) is 8.20. The van der Waals surface area contributed by atoms with E-state index in [9.17, 15) is 9.18 Å². The Morgan fingerprint density at radius 3 is 2.47 bits per heavy atom. The van der Waals surface area contributed by atoms with Crippen molar-refractivity contribution in [2.45, 2.75) is 69.6 Å². The third kappa shape index (κ3) is 5.51. The highest BCUT2D eigenvalue weighted by Crippen LogP contribution is 2.29. The molecule has 1 saturated heterocycles. The largest absolute Gasteiger partial charge is 0.339 e. The van der Waals surface area contributed by atoms with Gasteiger partial charge in [0, 0.05) is 5.69 Å². The molecule has 1 aliphatic heterocycles. The van der Waals surface area contributed by atoms with Crippen LogP contribution in [0.2, 0.25) is 0 Å². The fraction of sp³-hybridized carbons (Fsp3) is 0.542. The summed E-state index contributed by atoms with van der Waals surface area (Å²) in [6.45, 7) is 8.10. The highest BCUT2D eigenvalue weighted by Gasteiger charge is 2.28. The number of benzene rings is 1. The Morgan fingerprint density at radius 2 is 1.88 bits per heavy atom. The predicted octanol–water partition coefficient (Wildman–Crippen LogP) is 4.35. The van der Waals surface area contributed by atoms with E-state index in [-0.39, 0.29) is 23.5 Å². The van der Waals surface area contributed by atoms with Gasteiger partial charge in [0.2, 0.25) is 5.91 Å². The summed E-state index contributed by atoms with van der Waals surface area (Å²) < 4.78 is 15.5. The van der Waals surface area contributed by atoms with Crippen molar-refractivity contribution >= 4 is 17.7 Å². The van der Waals surface area contributed by atoms with E-state index in [0.29, 0.717) is 18.0 Å². The lowest BCUT2D eigenvalue weighted by molar-refractivity contribution is -0.119. The molecular weight excluding hydrogens is 425 g/mol. The first kappa shape index (κ1) is 24.3. The third-order valence-corrected chi connectivity index (χ3v) is 7.18. The molecule has 1 N–H and O–H groups in total. The number of aromatic nitrogens is 3. The van der Waals surface area contributed by atoms with Crippen molar-refractivity contribution in [3.63, 3.8) is 0 Å². The molecule has 8 heteroatoms. The van der Waals surface area contributed by atoms with Crippen molar-refractivity contribution in [2.24, 2.45) is 0 Å². The van der Waals surface area contributed by atoms with Gasteiger partial charge in [-0.1, -0.05) is 38.0 Å². The zero-order valence-corrected chi connectivity index (χ0v) is 19.9. The number of carbonyl (C=O) groups excluding carboxylic acids is 1. The standard InChI is InChI=1S/C24H32FN5OS/c1-5-24(6-2,7-3)26-21(31)17-32-23-28-27-22(18(4)29-15-9-8-10-16-29)30(23)20-13-11-19(25)12-14-20/h1,11-14,18H,6-10,15-17H2,2-4H3,(H,26,31)/t18-/m1/s1. The van der Waals surface area contributed by atoms with Gasteiger partial charge in [-0.25, -0.2) is 4.39 Å². The van der Waals surface area contributed by atoms with Gasteiger partial charge in [-0.2, -0.15) is 0 Å².